The number of anilines is 1. The minimum Gasteiger partial charge on any atom is -0.326 e. The van der Waals surface area contributed by atoms with Crippen LogP contribution in [-0.4, -0.2) is 5.91 Å². The highest BCUT2D eigenvalue weighted by Gasteiger charge is 2.22. The molecule has 0 spiro atoms. The molecular weight excluding hydrogens is 316 g/mol. The van der Waals surface area contributed by atoms with E-state index in [4.69, 9.17) is 5.73 Å². The zero-order valence-electron chi connectivity index (χ0n) is 11.2. The predicted molar refractivity (Wildman–Crippen MR) is 85.3 cm³/mol. The van der Waals surface area contributed by atoms with Crippen LogP contribution < -0.4 is 11.1 Å². The van der Waals surface area contributed by atoms with Gasteiger partial charge >= 0.3 is 0 Å². The maximum atomic E-state index is 12.2. The Morgan fingerprint density at radius 3 is 2.30 bits per heavy atom. The molecule has 0 fully saturated rings. The van der Waals surface area contributed by atoms with Crippen molar-refractivity contribution in [3.05, 3.63) is 64.6 Å². The van der Waals surface area contributed by atoms with Crippen molar-refractivity contribution >= 4 is 27.5 Å². The van der Waals surface area contributed by atoms with E-state index in [1.807, 2.05) is 61.5 Å². The van der Waals surface area contributed by atoms with Gasteiger partial charge < -0.3 is 11.1 Å². The highest BCUT2D eigenvalue weighted by Crippen LogP contribution is 2.21. The third kappa shape index (κ3) is 3.68. The molecule has 0 aliphatic heterocycles. The summed E-state index contributed by atoms with van der Waals surface area (Å²) in [6.07, 6.45) is 0. The first-order valence-electron chi connectivity index (χ1n) is 6.45. The van der Waals surface area contributed by atoms with E-state index >= 15 is 0 Å². The smallest absolute Gasteiger partial charge is 0.229 e. The first-order chi connectivity index (χ1) is 9.58. The summed E-state index contributed by atoms with van der Waals surface area (Å²) in [4.78, 5) is 12.2. The largest absolute Gasteiger partial charge is 0.326 e. The van der Waals surface area contributed by atoms with E-state index in [-0.39, 0.29) is 17.9 Å². The summed E-state index contributed by atoms with van der Waals surface area (Å²) in [5.74, 6) is -0.385. The van der Waals surface area contributed by atoms with Gasteiger partial charge in [-0.2, -0.15) is 0 Å². The first-order valence-corrected chi connectivity index (χ1v) is 7.24. The molecule has 1 amide bonds. The fourth-order valence-corrected chi connectivity index (χ4v) is 2.18. The molecule has 4 heteroatoms. The highest BCUT2D eigenvalue weighted by atomic mass is 79.9. The molecule has 0 aromatic heterocycles. The van der Waals surface area contributed by atoms with Crippen LogP contribution >= 0.6 is 15.9 Å². The molecule has 0 bridgehead atoms. The van der Waals surface area contributed by atoms with Crippen LogP contribution in [0.25, 0.3) is 0 Å². The highest BCUT2D eigenvalue weighted by molar-refractivity contribution is 9.10. The normalized spacial score (nSPS) is 13.6. The van der Waals surface area contributed by atoms with Crippen molar-refractivity contribution in [1.29, 1.82) is 0 Å². The molecule has 3 nitrogen and oxygen atoms in total. The van der Waals surface area contributed by atoms with Gasteiger partial charge in [0.1, 0.15) is 0 Å². The van der Waals surface area contributed by atoms with E-state index in [2.05, 4.69) is 21.2 Å². The second-order valence-corrected chi connectivity index (χ2v) is 5.64. The van der Waals surface area contributed by atoms with Crippen molar-refractivity contribution in [2.45, 2.75) is 13.0 Å². The number of carbonyl (C=O) groups is 1. The lowest BCUT2D eigenvalue weighted by molar-refractivity contribution is -0.120. The monoisotopic (exact) mass is 332 g/mol. The zero-order chi connectivity index (χ0) is 14.5. The number of hydrogen-bond donors (Lipinski definition) is 2. The average molecular weight is 333 g/mol. The molecule has 2 aromatic rings. The minimum absolute atomic E-state index is 0.0799. The van der Waals surface area contributed by atoms with Gasteiger partial charge in [0.15, 0.2) is 0 Å². The molecule has 2 aromatic carbocycles. The van der Waals surface area contributed by atoms with Crippen LogP contribution in [0.15, 0.2) is 59.1 Å². The third-order valence-corrected chi connectivity index (χ3v) is 3.78. The Morgan fingerprint density at radius 1 is 1.10 bits per heavy atom. The van der Waals surface area contributed by atoms with Gasteiger partial charge in [0.05, 0.1) is 5.92 Å². The summed E-state index contributed by atoms with van der Waals surface area (Å²) >= 11 is 3.36. The number of nitrogens with two attached hydrogens (primary N) is 1. The molecule has 3 N–H and O–H groups in total. The van der Waals surface area contributed by atoms with Gasteiger partial charge in [-0.05, 0) is 29.8 Å². The maximum Gasteiger partial charge on any atom is 0.229 e. The van der Waals surface area contributed by atoms with Crippen LogP contribution in [-0.2, 0) is 4.79 Å². The molecule has 2 atom stereocenters. The van der Waals surface area contributed by atoms with Gasteiger partial charge in [-0.15, -0.1) is 0 Å². The SMILES string of the molecule is CC(C(=O)Nc1ccc(Br)cc1)C(N)c1ccccc1. The summed E-state index contributed by atoms with van der Waals surface area (Å²) in [5, 5.41) is 2.88. The van der Waals surface area contributed by atoms with Crippen LogP contribution in [0.2, 0.25) is 0 Å². The quantitative estimate of drug-likeness (QED) is 0.896. The Morgan fingerprint density at radius 2 is 1.70 bits per heavy atom. The topological polar surface area (TPSA) is 55.1 Å². The Kier molecular flexibility index (Phi) is 4.93. The molecule has 20 heavy (non-hydrogen) atoms. The van der Waals surface area contributed by atoms with Crippen LogP contribution in [0.5, 0.6) is 0 Å². The van der Waals surface area contributed by atoms with E-state index in [0.717, 1.165) is 15.7 Å². The Bertz CT molecular complexity index is 569. The lowest BCUT2D eigenvalue weighted by atomic mass is 9.94. The van der Waals surface area contributed by atoms with Gasteiger partial charge in [0, 0.05) is 16.2 Å². The number of rotatable bonds is 4. The van der Waals surface area contributed by atoms with Crippen molar-refractivity contribution in [1.82, 2.24) is 0 Å². The number of amides is 1. The van der Waals surface area contributed by atoms with Crippen molar-refractivity contribution in [3.8, 4) is 0 Å². The molecule has 0 saturated heterocycles. The van der Waals surface area contributed by atoms with E-state index in [0.29, 0.717) is 0 Å². The summed E-state index contributed by atoms with van der Waals surface area (Å²) in [6, 6.07) is 16.8. The second kappa shape index (κ2) is 6.68. The lowest BCUT2D eigenvalue weighted by Gasteiger charge is -2.19. The molecule has 0 saturated carbocycles. The van der Waals surface area contributed by atoms with Gasteiger partial charge in [-0.25, -0.2) is 0 Å². The Balaban J connectivity index is 2.03. The van der Waals surface area contributed by atoms with E-state index in [1.54, 1.807) is 0 Å². The van der Waals surface area contributed by atoms with E-state index in [1.165, 1.54) is 0 Å². The van der Waals surface area contributed by atoms with E-state index in [9.17, 15) is 4.79 Å². The summed E-state index contributed by atoms with van der Waals surface area (Å²) in [7, 11) is 0. The molecular formula is C16H17BrN2O. The lowest BCUT2D eigenvalue weighted by Crippen LogP contribution is -2.30. The number of hydrogen-bond acceptors (Lipinski definition) is 2. The predicted octanol–water partition coefficient (Wildman–Crippen LogP) is 3.72. The number of carbonyl (C=O) groups excluding carboxylic acids is 1. The molecule has 0 heterocycles. The number of nitrogens with one attached hydrogen (secondary N) is 1. The average Bonchev–Trinajstić information content (AvgIpc) is 2.49. The first kappa shape index (κ1) is 14.8. The van der Waals surface area contributed by atoms with Gasteiger partial charge in [-0.3, -0.25) is 4.79 Å². The Labute approximate surface area is 127 Å². The molecule has 104 valence electrons. The van der Waals surface area contributed by atoms with Crippen LogP contribution in [0.3, 0.4) is 0 Å². The molecule has 2 unspecified atom stereocenters. The third-order valence-electron chi connectivity index (χ3n) is 3.25. The number of halogens is 1. The van der Waals surface area contributed by atoms with Gasteiger partial charge in [0.2, 0.25) is 5.91 Å². The van der Waals surface area contributed by atoms with Crippen molar-refractivity contribution in [2.75, 3.05) is 5.32 Å². The molecule has 0 aliphatic rings. The van der Waals surface area contributed by atoms with Crippen molar-refractivity contribution in [3.63, 3.8) is 0 Å². The molecule has 0 radical (unpaired) electrons. The van der Waals surface area contributed by atoms with Crippen molar-refractivity contribution < 1.29 is 4.79 Å². The summed E-state index contributed by atoms with van der Waals surface area (Å²) < 4.78 is 0.976. The molecule has 0 aliphatic carbocycles. The fourth-order valence-electron chi connectivity index (χ4n) is 1.92. The minimum atomic E-state index is -0.313. The fraction of sp³-hybridized carbons (Fsp3) is 0.188. The summed E-state index contributed by atoms with van der Waals surface area (Å²) in [5.41, 5.74) is 7.88. The van der Waals surface area contributed by atoms with Crippen LogP contribution in [0.4, 0.5) is 5.69 Å². The zero-order valence-corrected chi connectivity index (χ0v) is 12.8. The second-order valence-electron chi connectivity index (χ2n) is 4.72. The van der Waals surface area contributed by atoms with Crippen molar-refractivity contribution in [2.24, 2.45) is 11.7 Å². The maximum absolute atomic E-state index is 12.2. The number of benzene rings is 2. The molecule has 2 rings (SSSR count). The van der Waals surface area contributed by atoms with Crippen LogP contribution in [0, 0.1) is 5.92 Å². The van der Waals surface area contributed by atoms with Gasteiger partial charge in [-0.1, -0.05) is 53.2 Å². The standard InChI is InChI=1S/C16H17BrN2O/c1-11(15(18)12-5-3-2-4-6-12)16(20)19-14-9-7-13(17)8-10-14/h2-11,15H,18H2,1H3,(H,19,20). The van der Waals surface area contributed by atoms with Gasteiger partial charge in [0.25, 0.3) is 0 Å². The Hall–Kier alpha value is -1.65. The summed E-state index contributed by atoms with van der Waals surface area (Å²) in [6.45, 7) is 1.84. The van der Waals surface area contributed by atoms with E-state index < -0.39 is 0 Å². The van der Waals surface area contributed by atoms with Crippen LogP contribution in [0.1, 0.15) is 18.5 Å².